The Balaban J connectivity index is 2.07. The molecule has 0 N–H and O–H groups in total. The van der Waals surface area contributed by atoms with Gasteiger partial charge >= 0.3 is 0 Å². The van der Waals surface area contributed by atoms with Crippen LogP contribution in [0.4, 0.5) is 0 Å². The van der Waals surface area contributed by atoms with E-state index in [-0.39, 0.29) is 5.91 Å². The topological polar surface area (TPSA) is 62.1 Å². The van der Waals surface area contributed by atoms with Crippen molar-refractivity contribution < 1.29 is 19.0 Å². The third-order valence-electron chi connectivity index (χ3n) is 4.14. The van der Waals surface area contributed by atoms with Crippen molar-refractivity contribution in [3.05, 3.63) is 51.8 Å². The molecular formula is C20H21ClN2O4S. The summed E-state index contributed by atoms with van der Waals surface area (Å²) in [5.41, 5.74) is 1.33. The van der Waals surface area contributed by atoms with Crippen LogP contribution in [-0.2, 0) is 11.3 Å². The maximum absolute atomic E-state index is 12.9. The number of nitrogens with zero attached hydrogens (tertiary/aromatic N) is 2. The van der Waals surface area contributed by atoms with Gasteiger partial charge in [-0.05, 0) is 37.3 Å². The third kappa shape index (κ3) is 4.38. The lowest BCUT2D eigenvalue weighted by Crippen LogP contribution is -2.20. The van der Waals surface area contributed by atoms with Crippen LogP contribution in [0.25, 0.3) is 10.2 Å². The Morgan fingerprint density at radius 3 is 2.71 bits per heavy atom. The number of carbonyl (C=O) groups is 1. The van der Waals surface area contributed by atoms with Gasteiger partial charge in [-0.1, -0.05) is 22.9 Å². The van der Waals surface area contributed by atoms with E-state index < -0.39 is 0 Å². The molecule has 0 aliphatic heterocycles. The highest BCUT2D eigenvalue weighted by Gasteiger charge is 2.14. The normalized spacial score (nSPS) is 11.8. The van der Waals surface area contributed by atoms with Crippen molar-refractivity contribution in [2.24, 2.45) is 4.99 Å². The van der Waals surface area contributed by atoms with Crippen LogP contribution < -0.4 is 14.3 Å². The van der Waals surface area contributed by atoms with Crippen LogP contribution in [0.2, 0.25) is 5.02 Å². The van der Waals surface area contributed by atoms with Gasteiger partial charge in [-0.3, -0.25) is 4.79 Å². The summed E-state index contributed by atoms with van der Waals surface area (Å²) in [5.74, 6) is 0.636. The van der Waals surface area contributed by atoms with Gasteiger partial charge in [0.15, 0.2) is 4.80 Å². The number of methoxy groups -OCH3 is 2. The molecule has 1 amide bonds. The second-order valence-corrected chi connectivity index (χ2v) is 7.27. The number of fused-ring (bicyclic) bond motifs is 1. The smallest absolute Gasteiger partial charge is 0.283 e. The van der Waals surface area contributed by atoms with Gasteiger partial charge in [-0.15, -0.1) is 0 Å². The predicted molar refractivity (Wildman–Crippen MR) is 111 cm³/mol. The molecule has 6 nitrogen and oxygen atoms in total. The maximum Gasteiger partial charge on any atom is 0.283 e. The van der Waals surface area contributed by atoms with E-state index in [4.69, 9.17) is 25.8 Å². The van der Waals surface area contributed by atoms with Crippen molar-refractivity contribution in [2.75, 3.05) is 27.4 Å². The number of carbonyl (C=O) groups excluding carboxylic acids is 1. The van der Waals surface area contributed by atoms with Crippen LogP contribution in [0.1, 0.15) is 17.3 Å². The lowest BCUT2D eigenvalue weighted by molar-refractivity contribution is 0.0993. The molecule has 148 valence electrons. The molecule has 28 heavy (non-hydrogen) atoms. The van der Waals surface area contributed by atoms with E-state index in [1.54, 1.807) is 25.3 Å². The van der Waals surface area contributed by atoms with Crippen LogP contribution in [0.3, 0.4) is 0 Å². The van der Waals surface area contributed by atoms with Crippen molar-refractivity contribution in [3.8, 4) is 11.5 Å². The molecular weight excluding hydrogens is 400 g/mol. The summed E-state index contributed by atoms with van der Waals surface area (Å²) >= 11 is 7.53. The van der Waals surface area contributed by atoms with Crippen molar-refractivity contribution in [1.29, 1.82) is 0 Å². The van der Waals surface area contributed by atoms with Crippen LogP contribution >= 0.6 is 22.9 Å². The minimum atomic E-state index is -0.387. The lowest BCUT2D eigenvalue weighted by Gasteiger charge is -2.08. The summed E-state index contributed by atoms with van der Waals surface area (Å²) < 4.78 is 18.9. The Hall–Kier alpha value is -2.35. The van der Waals surface area contributed by atoms with Crippen molar-refractivity contribution in [1.82, 2.24) is 4.57 Å². The third-order valence-corrected chi connectivity index (χ3v) is 5.42. The molecule has 0 aliphatic rings. The fraction of sp³-hybridized carbons (Fsp3) is 0.300. The standard InChI is InChI=1S/C20H21ClN2O4S/c1-4-27-10-9-23-16-8-5-13(21)11-18(16)28-20(23)22-19(24)15-7-6-14(25-2)12-17(15)26-3/h5-8,11-12H,4,9-10H2,1-3H3. The molecule has 0 saturated heterocycles. The van der Waals surface area contributed by atoms with E-state index in [2.05, 4.69) is 4.99 Å². The quantitative estimate of drug-likeness (QED) is 0.538. The number of amides is 1. The molecule has 1 heterocycles. The van der Waals surface area contributed by atoms with Gasteiger partial charge in [0.25, 0.3) is 5.91 Å². The molecule has 2 aromatic carbocycles. The Kier molecular flexibility index (Phi) is 6.72. The average Bonchev–Trinajstić information content (AvgIpc) is 3.03. The first-order chi connectivity index (χ1) is 13.6. The van der Waals surface area contributed by atoms with Crippen molar-refractivity contribution in [2.45, 2.75) is 13.5 Å². The van der Waals surface area contributed by atoms with Crippen molar-refractivity contribution in [3.63, 3.8) is 0 Å². The molecule has 0 aliphatic carbocycles. The molecule has 0 atom stereocenters. The second-order valence-electron chi connectivity index (χ2n) is 5.83. The van der Waals surface area contributed by atoms with Gasteiger partial charge in [0, 0.05) is 24.2 Å². The summed E-state index contributed by atoms with van der Waals surface area (Å²) in [6.07, 6.45) is 0. The molecule has 0 radical (unpaired) electrons. The summed E-state index contributed by atoms with van der Waals surface area (Å²) in [7, 11) is 3.07. The van der Waals surface area contributed by atoms with Crippen molar-refractivity contribution >= 4 is 39.1 Å². The summed E-state index contributed by atoms with van der Waals surface area (Å²) in [4.78, 5) is 17.8. The minimum Gasteiger partial charge on any atom is -0.497 e. The highest BCUT2D eigenvalue weighted by Crippen LogP contribution is 2.26. The zero-order valence-corrected chi connectivity index (χ0v) is 17.5. The molecule has 3 aromatic rings. The monoisotopic (exact) mass is 420 g/mol. The van der Waals surface area contributed by atoms with E-state index >= 15 is 0 Å². The molecule has 0 unspecified atom stereocenters. The summed E-state index contributed by atoms with van der Waals surface area (Å²) in [6, 6.07) is 10.6. The van der Waals surface area contributed by atoms with Gasteiger partial charge in [0.2, 0.25) is 0 Å². The first-order valence-electron chi connectivity index (χ1n) is 8.75. The number of thiazole rings is 1. The predicted octanol–water partition coefficient (Wildman–Crippen LogP) is 4.15. The molecule has 0 saturated carbocycles. The Morgan fingerprint density at radius 2 is 2.00 bits per heavy atom. The number of halogens is 1. The van der Waals surface area contributed by atoms with Gasteiger partial charge in [-0.25, -0.2) is 0 Å². The number of hydrogen-bond acceptors (Lipinski definition) is 5. The number of benzene rings is 2. The van der Waals surface area contributed by atoms with E-state index in [1.165, 1.54) is 18.4 Å². The Labute approximate surface area is 171 Å². The SMILES string of the molecule is CCOCCn1c(=NC(=O)c2ccc(OC)cc2OC)sc2cc(Cl)ccc21. The van der Waals surface area contributed by atoms with Crippen LogP contribution in [-0.4, -0.2) is 37.9 Å². The number of hydrogen-bond donors (Lipinski definition) is 0. The zero-order chi connectivity index (χ0) is 20.1. The molecule has 1 aromatic heterocycles. The first-order valence-corrected chi connectivity index (χ1v) is 9.94. The van der Waals surface area contributed by atoms with Crippen LogP contribution in [0, 0.1) is 0 Å². The van der Waals surface area contributed by atoms with Gasteiger partial charge in [0.05, 0.1) is 36.6 Å². The van der Waals surface area contributed by atoms with Gasteiger partial charge in [-0.2, -0.15) is 4.99 Å². The minimum absolute atomic E-state index is 0.371. The van der Waals surface area contributed by atoms with Crippen LogP contribution in [0.15, 0.2) is 41.4 Å². The number of rotatable bonds is 7. The van der Waals surface area contributed by atoms with Crippen LogP contribution in [0.5, 0.6) is 11.5 Å². The highest BCUT2D eigenvalue weighted by atomic mass is 35.5. The van der Waals surface area contributed by atoms with Gasteiger partial charge in [0.1, 0.15) is 11.5 Å². The van der Waals surface area contributed by atoms with E-state index in [9.17, 15) is 4.79 Å². The van der Waals surface area contributed by atoms with E-state index in [1.807, 2.05) is 29.7 Å². The molecule has 3 rings (SSSR count). The second kappa shape index (κ2) is 9.23. The summed E-state index contributed by atoms with van der Waals surface area (Å²) in [6.45, 7) is 3.68. The largest absolute Gasteiger partial charge is 0.497 e. The molecule has 0 spiro atoms. The molecule has 0 bridgehead atoms. The fourth-order valence-corrected chi connectivity index (χ4v) is 4.10. The maximum atomic E-state index is 12.9. The Bertz CT molecular complexity index is 1060. The first kappa shape index (κ1) is 20.4. The summed E-state index contributed by atoms with van der Waals surface area (Å²) in [5, 5.41) is 0.639. The molecule has 0 fully saturated rings. The number of ether oxygens (including phenoxy) is 3. The number of aromatic nitrogens is 1. The van der Waals surface area contributed by atoms with E-state index in [0.717, 1.165) is 10.2 Å². The zero-order valence-electron chi connectivity index (χ0n) is 15.9. The molecule has 8 heteroatoms. The highest BCUT2D eigenvalue weighted by molar-refractivity contribution is 7.16. The fourth-order valence-electron chi connectivity index (χ4n) is 2.77. The average molecular weight is 421 g/mol. The van der Waals surface area contributed by atoms with Gasteiger partial charge < -0.3 is 18.8 Å². The Morgan fingerprint density at radius 1 is 1.18 bits per heavy atom. The van der Waals surface area contributed by atoms with E-state index in [0.29, 0.717) is 46.6 Å². The lowest BCUT2D eigenvalue weighted by atomic mass is 10.2.